The van der Waals surface area contributed by atoms with Gasteiger partial charge in [0.05, 0.1) is 0 Å². The van der Waals surface area contributed by atoms with E-state index in [4.69, 9.17) is 0 Å². The van der Waals surface area contributed by atoms with Crippen molar-refractivity contribution in [1.82, 2.24) is 0 Å². The van der Waals surface area contributed by atoms with Gasteiger partial charge in [0.15, 0.2) is 0 Å². The predicted octanol–water partition coefficient (Wildman–Crippen LogP) is 7.26. The third kappa shape index (κ3) is 10.0. The summed E-state index contributed by atoms with van der Waals surface area (Å²) in [5, 5.41) is 4.24. The van der Waals surface area contributed by atoms with E-state index in [9.17, 15) is 35.5 Å². The second kappa shape index (κ2) is 15.6. The molecular weight excluding hydrogens is 669 g/mol. The molecule has 0 saturated heterocycles. The normalized spacial score (nSPS) is 11.5. The first kappa shape index (κ1) is 34.9. The van der Waals surface area contributed by atoms with Gasteiger partial charge >= 0.3 is 0 Å². The predicted molar refractivity (Wildman–Crippen MR) is 184 cm³/mol. The molecular formula is C32H30N2O8S4. The summed E-state index contributed by atoms with van der Waals surface area (Å²) in [6.45, 7) is 3.83. The van der Waals surface area contributed by atoms with Crippen LogP contribution in [0.2, 0.25) is 0 Å². The summed E-state index contributed by atoms with van der Waals surface area (Å²) in [5.41, 5.74) is 1.74. The molecule has 4 aromatic carbocycles. The second-order valence-corrected chi connectivity index (χ2v) is 14.8. The Hall–Kier alpha value is -3.92. The Morgan fingerprint density at radius 3 is 1.33 bits per heavy atom. The summed E-state index contributed by atoms with van der Waals surface area (Å²) in [5.74, 6) is 0.939. The molecule has 2 amide bonds. The Morgan fingerprint density at radius 2 is 0.978 bits per heavy atom. The zero-order valence-corrected chi connectivity index (χ0v) is 27.5. The van der Waals surface area contributed by atoms with Crippen LogP contribution in [-0.2, 0) is 33.1 Å². The van der Waals surface area contributed by atoms with Crippen LogP contribution in [0.5, 0.6) is 0 Å². The quantitative estimate of drug-likeness (QED) is 0.111. The molecule has 0 saturated carbocycles. The van der Waals surface area contributed by atoms with Gasteiger partial charge in [-0.05, 0) is 53.8 Å². The van der Waals surface area contributed by atoms with Crippen molar-refractivity contribution in [2.45, 2.75) is 22.6 Å². The highest BCUT2D eigenvalue weighted by atomic mass is 32.2. The third-order valence-corrected chi connectivity index (χ3v) is 9.93. The first-order valence-electron chi connectivity index (χ1n) is 13.7. The number of benzene rings is 4. The van der Waals surface area contributed by atoms with Gasteiger partial charge < -0.3 is 10.6 Å². The number of amides is 2. The van der Waals surface area contributed by atoms with E-state index in [1.54, 1.807) is 0 Å². The van der Waals surface area contributed by atoms with Crippen LogP contribution in [0.4, 0.5) is 21.0 Å². The topological polar surface area (TPSA) is 167 Å². The SMILES string of the molecule is C=C(c1ccc(NC(=O)SCCc2ccccc2)cc1S(=O)(=O)O)c1ccc(NC(=O)SCCc2ccccc2)cc1S(=O)(=O)O. The second-order valence-electron chi connectivity index (χ2n) is 9.84. The van der Waals surface area contributed by atoms with Crippen LogP contribution in [0.15, 0.2) is 113 Å². The Morgan fingerprint density at radius 1 is 0.609 bits per heavy atom. The molecule has 46 heavy (non-hydrogen) atoms. The van der Waals surface area contributed by atoms with Crippen molar-refractivity contribution in [3.8, 4) is 0 Å². The minimum absolute atomic E-state index is 0.0687. The maximum absolute atomic E-state index is 12.5. The van der Waals surface area contributed by atoms with Crippen molar-refractivity contribution < 1.29 is 35.5 Å². The molecule has 0 atom stereocenters. The fourth-order valence-corrected chi connectivity index (χ4v) is 7.31. The Kier molecular flexibility index (Phi) is 11.8. The van der Waals surface area contributed by atoms with E-state index in [1.807, 2.05) is 60.7 Å². The molecule has 4 aromatic rings. The van der Waals surface area contributed by atoms with Crippen LogP contribution in [0.1, 0.15) is 22.3 Å². The van der Waals surface area contributed by atoms with E-state index in [-0.39, 0.29) is 28.1 Å². The highest BCUT2D eigenvalue weighted by Crippen LogP contribution is 2.35. The number of thioether (sulfide) groups is 2. The van der Waals surface area contributed by atoms with Gasteiger partial charge in [0.2, 0.25) is 0 Å². The molecule has 0 aliphatic heterocycles. The highest BCUT2D eigenvalue weighted by Gasteiger charge is 2.24. The van der Waals surface area contributed by atoms with Gasteiger partial charge in [0.1, 0.15) is 9.79 Å². The van der Waals surface area contributed by atoms with Gasteiger partial charge in [-0.3, -0.25) is 18.7 Å². The molecule has 0 unspecified atom stereocenters. The van der Waals surface area contributed by atoms with E-state index in [1.165, 1.54) is 24.3 Å². The van der Waals surface area contributed by atoms with Crippen LogP contribution < -0.4 is 10.6 Å². The minimum Gasteiger partial charge on any atom is -0.317 e. The fourth-order valence-electron chi connectivity index (χ4n) is 4.39. The molecule has 0 aliphatic rings. The molecule has 10 nitrogen and oxygen atoms in total. The molecule has 0 heterocycles. The Labute approximate surface area is 276 Å². The molecule has 0 aromatic heterocycles. The fraction of sp³-hybridized carbons (Fsp3) is 0.125. The van der Waals surface area contributed by atoms with Crippen molar-refractivity contribution in [3.05, 3.63) is 126 Å². The average molecular weight is 699 g/mol. The lowest BCUT2D eigenvalue weighted by atomic mass is 9.99. The largest absolute Gasteiger partial charge is 0.317 e. The van der Waals surface area contributed by atoms with E-state index in [2.05, 4.69) is 17.2 Å². The van der Waals surface area contributed by atoms with Crippen LogP contribution in [0.3, 0.4) is 0 Å². The molecule has 4 rings (SSSR count). The van der Waals surface area contributed by atoms with E-state index in [0.717, 1.165) is 46.8 Å². The van der Waals surface area contributed by atoms with Crippen molar-refractivity contribution in [2.24, 2.45) is 0 Å². The van der Waals surface area contributed by atoms with E-state index >= 15 is 0 Å². The van der Waals surface area contributed by atoms with Crippen LogP contribution in [-0.4, -0.2) is 47.9 Å². The molecule has 0 spiro atoms. The lowest BCUT2D eigenvalue weighted by Gasteiger charge is -2.16. The minimum atomic E-state index is -4.89. The number of nitrogens with one attached hydrogen (secondary N) is 2. The molecule has 240 valence electrons. The third-order valence-electron chi connectivity index (χ3n) is 6.60. The van der Waals surface area contributed by atoms with E-state index < -0.39 is 40.5 Å². The Bertz CT molecular complexity index is 1810. The molecule has 0 radical (unpaired) electrons. The maximum Gasteiger partial charge on any atom is 0.295 e. The summed E-state index contributed by atoms with van der Waals surface area (Å²) >= 11 is 1.99. The van der Waals surface area contributed by atoms with Crippen LogP contribution >= 0.6 is 23.5 Å². The van der Waals surface area contributed by atoms with Crippen molar-refractivity contribution >= 4 is 71.2 Å². The summed E-state index contributed by atoms with van der Waals surface area (Å²) in [6, 6.07) is 26.4. The number of hydrogen-bond acceptors (Lipinski definition) is 8. The number of anilines is 2. The summed E-state index contributed by atoms with van der Waals surface area (Å²) in [7, 11) is -9.78. The monoisotopic (exact) mass is 698 g/mol. The van der Waals surface area contributed by atoms with Gasteiger partial charge in [0, 0.05) is 34.0 Å². The van der Waals surface area contributed by atoms with Crippen molar-refractivity contribution in [3.63, 3.8) is 0 Å². The molecule has 0 aliphatic carbocycles. The first-order chi connectivity index (χ1) is 21.8. The lowest BCUT2D eigenvalue weighted by Crippen LogP contribution is -2.11. The molecule has 14 heteroatoms. The average Bonchev–Trinajstić information content (AvgIpc) is 3.01. The highest BCUT2D eigenvalue weighted by molar-refractivity contribution is 8.14. The van der Waals surface area contributed by atoms with Gasteiger partial charge in [0.25, 0.3) is 30.7 Å². The summed E-state index contributed by atoms with van der Waals surface area (Å²) in [6.07, 6.45) is 1.28. The zero-order chi connectivity index (χ0) is 33.3. The van der Waals surface area contributed by atoms with Gasteiger partial charge in [-0.25, -0.2) is 0 Å². The summed E-state index contributed by atoms with van der Waals surface area (Å²) < 4.78 is 69.5. The maximum atomic E-state index is 12.5. The van der Waals surface area contributed by atoms with E-state index in [0.29, 0.717) is 24.3 Å². The van der Waals surface area contributed by atoms with Crippen LogP contribution in [0, 0.1) is 0 Å². The number of aryl methyl sites for hydroxylation is 2. The standard InChI is InChI=1S/C32H30N2O8S4/c1-22(27-14-12-25(20-29(27)45(37,38)39)33-31(35)43-18-16-23-8-4-2-5-9-23)28-15-13-26(21-30(28)46(40,41)42)34-32(36)44-19-17-24-10-6-3-7-11-24/h2-15,20-21H,1,16-19H2,(H,33,35)(H,34,36)(H,37,38,39)(H,40,41,42). The number of rotatable bonds is 12. The zero-order valence-electron chi connectivity index (χ0n) is 24.3. The number of carbonyl (C=O) groups is 2. The smallest absolute Gasteiger partial charge is 0.295 e. The number of carbonyl (C=O) groups excluding carboxylic acids is 2. The number of hydrogen-bond donors (Lipinski definition) is 4. The molecule has 0 fully saturated rings. The van der Waals surface area contributed by atoms with Crippen molar-refractivity contribution in [2.75, 3.05) is 22.1 Å². The van der Waals surface area contributed by atoms with Crippen LogP contribution in [0.25, 0.3) is 5.57 Å². The summed E-state index contributed by atoms with van der Waals surface area (Å²) in [4.78, 5) is 23.7. The van der Waals surface area contributed by atoms with Gasteiger partial charge in [-0.1, -0.05) is 103 Å². The van der Waals surface area contributed by atoms with Crippen molar-refractivity contribution in [1.29, 1.82) is 0 Å². The molecule has 0 bridgehead atoms. The first-order valence-corrected chi connectivity index (χ1v) is 18.5. The van der Waals surface area contributed by atoms with Gasteiger partial charge in [-0.2, -0.15) is 16.8 Å². The Balaban J connectivity index is 1.50. The van der Waals surface area contributed by atoms with Gasteiger partial charge in [-0.15, -0.1) is 0 Å². The molecule has 4 N–H and O–H groups in total. The lowest BCUT2D eigenvalue weighted by molar-refractivity contribution is 0.269.